The minimum Gasteiger partial charge on any atom is -0.493 e. The Balaban J connectivity index is 1.93. The number of rotatable bonds is 8. The predicted octanol–water partition coefficient (Wildman–Crippen LogP) is 3.68. The molecule has 1 atom stereocenters. The van der Waals surface area contributed by atoms with E-state index in [-0.39, 0.29) is 6.04 Å². The zero-order valence-electron chi connectivity index (χ0n) is 12.9. The molecule has 4 nitrogen and oxygen atoms in total. The Bertz CT molecular complexity index is 603. The van der Waals surface area contributed by atoms with Crippen molar-refractivity contribution < 1.29 is 13.9 Å². The van der Waals surface area contributed by atoms with Crippen molar-refractivity contribution >= 4 is 11.0 Å². The smallest absolute Gasteiger partial charge is 0.176 e. The Labute approximate surface area is 125 Å². The van der Waals surface area contributed by atoms with E-state index in [0.29, 0.717) is 13.2 Å². The van der Waals surface area contributed by atoms with Gasteiger partial charge in [0.1, 0.15) is 5.76 Å². The lowest BCUT2D eigenvalue weighted by Gasteiger charge is -2.11. The largest absolute Gasteiger partial charge is 0.493 e. The molecule has 0 fully saturated rings. The first-order chi connectivity index (χ1) is 10.1. The van der Waals surface area contributed by atoms with Crippen molar-refractivity contribution in [3.05, 3.63) is 42.2 Å². The van der Waals surface area contributed by atoms with Crippen LogP contribution < -0.4 is 10.1 Å². The number of furan rings is 1. The number of hydrogen-bond acceptors (Lipinski definition) is 4. The topological polar surface area (TPSA) is 43.6 Å². The molecule has 0 bridgehead atoms. The summed E-state index contributed by atoms with van der Waals surface area (Å²) < 4.78 is 16.7. The molecule has 0 aliphatic heterocycles. The van der Waals surface area contributed by atoms with E-state index in [9.17, 15) is 0 Å². The summed E-state index contributed by atoms with van der Waals surface area (Å²) >= 11 is 0. The van der Waals surface area contributed by atoms with E-state index in [2.05, 4.69) is 18.8 Å². The van der Waals surface area contributed by atoms with Gasteiger partial charge >= 0.3 is 0 Å². The molecule has 21 heavy (non-hydrogen) atoms. The molecule has 0 saturated heterocycles. The highest BCUT2D eigenvalue weighted by atomic mass is 16.5. The highest BCUT2D eigenvalue weighted by molar-refractivity contribution is 5.83. The number of fused-ring (bicyclic) bond motifs is 1. The van der Waals surface area contributed by atoms with Crippen molar-refractivity contribution in [3.8, 4) is 5.75 Å². The second-order valence-corrected chi connectivity index (χ2v) is 5.21. The second-order valence-electron chi connectivity index (χ2n) is 5.21. The van der Waals surface area contributed by atoms with Gasteiger partial charge in [0.15, 0.2) is 11.3 Å². The van der Waals surface area contributed by atoms with Crippen LogP contribution in [-0.2, 0) is 4.74 Å². The fraction of sp³-hybridized carbons (Fsp3) is 0.412. The summed E-state index contributed by atoms with van der Waals surface area (Å²) in [5.74, 6) is 1.66. The summed E-state index contributed by atoms with van der Waals surface area (Å²) in [5.41, 5.74) is 1.83. The van der Waals surface area contributed by atoms with Gasteiger partial charge in [-0.3, -0.25) is 0 Å². The normalized spacial score (nSPS) is 12.5. The van der Waals surface area contributed by atoms with Crippen molar-refractivity contribution in [2.75, 3.05) is 26.9 Å². The van der Waals surface area contributed by atoms with Gasteiger partial charge in [0.2, 0.25) is 0 Å². The summed E-state index contributed by atoms with van der Waals surface area (Å²) in [7, 11) is 1.65. The molecule has 0 saturated carbocycles. The Hall–Kier alpha value is -1.78. The first kappa shape index (κ1) is 15.6. The maximum Gasteiger partial charge on any atom is 0.176 e. The van der Waals surface area contributed by atoms with Crippen LogP contribution >= 0.6 is 0 Å². The van der Waals surface area contributed by atoms with Crippen molar-refractivity contribution in [1.82, 2.24) is 5.32 Å². The summed E-state index contributed by atoms with van der Waals surface area (Å²) in [4.78, 5) is 0. The van der Waals surface area contributed by atoms with Crippen LogP contribution in [0.3, 0.4) is 0 Å². The quantitative estimate of drug-likeness (QED) is 0.594. The molecule has 1 heterocycles. The minimum atomic E-state index is 0.121. The Kier molecular flexibility index (Phi) is 5.42. The lowest BCUT2D eigenvalue weighted by Crippen LogP contribution is -2.23. The molecule has 0 amide bonds. The van der Waals surface area contributed by atoms with Crippen molar-refractivity contribution in [2.24, 2.45) is 0 Å². The van der Waals surface area contributed by atoms with Gasteiger partial charge in [-0.2, -0.15) is 0 Å². The number of nitrogens with one attached hydrogen (secondary N) is 1. The standard InChI is InChI=1S/C17H23NO3/c1-12(2)11-20-9-8-18-13(3)16-10-14-6-5-7-15(19-4)17(14)21-16/h5-7,10,13,18H,1,8-9,11H2,2-4H3. The molecule has 2 aromatic rings. The number of methoxy groups -OCH3 is 1. The molecule has 1 aromatic heterocycles. The van der Waals surface area contributed by atoms with E-state index in [1.54, 1.807) is 7.11 Å². The lowest BCUT2D eigenvalue weighted by atomic mass is 10.2. The van der Waals surface area contributed by atoms with Crippen LogP contribution in [-0.4, -0.2) is 26.9 Å². The summed E-state index contributed by atoms with van der Waals surface area (Å²) in [6.07, 6.45) is 0. The van der Waals surface area contributed by atoms with Crippen molar-refractivity contribution in [2.45, 2.75) is 19.9 Å². The minimum absolute atomic E-state index is 0.121. The van der Waals surface area contributed by atoms with Crippen LogP contribution in [0.5, 0.6) is 5.75 Å². The third kappa shape index (κ3) is 4.09. The maximum absolute atomic E-state index is 5.90. The molecular formula is C17H23NO3. The lowest BCUT2D eigenvalue weighted by molar-refractivity contribution is 0.155. The highest BCUT2D eigenvalue weighted by Gasteiger charge is 2.13. The zero-order chi connectivity index (χ0) is 15.2. The highest BCUT2D eigenvalue weighted by Crippen LogP contribution is 2.30. The van der Waals surface area contributed by atoms with Gasteiger partial charge in [-0.25, -0.2) is 0 Å². The number of hydrogen-bond donors (Lipinski definition) is 1. The Morgan fingerprint density at radius 1 is 1.43 bits per heavy atom. The van der Waals surface area contributed by atoms with E-state index in [1.165, 1.54) is 0 Å². The summed E-state index contributed by atoms with van der Waals surface area (Å²) in [6, 6.07) is 8.05. The number of ether oxygens (including phenoxy) is 2. The van der Waals surface area contributed by atoms with E-state index in [4.69, 9.17) is 13.9 Å². The van der Waals surface area contributed by atoms with Gasteiger partial charge in [-0.15, -0.1) is 0 Å². The number of benzene rings is 1. The van der Waals surface area contributed by atoms with Crippen LogP contribution in [0.1, 0.15) is 25.6 Å². The molecule has 4 heteroatoms. The van der Waals surface area contributed by atoms with Gasteiger partial charge in [-0.05, 0) is 26.0 Å². The molecule has 1 aromatic carbocycles. The average molecular weight is 289 g/mol. The predicted molar refractivity (Wildman–Crippen MR) is 84.8 cm³/mol. The molecule has 0 spiro atoms. The molecule has 1 unspecified atom stereocenters. The van der Waals surface area contributed by atoms with E-state index >= 15 is 0 Å². The summed E-state index contributed by atoms with van der Waals surface area (Å²) in [5, 5.41) is 4.43. The third-order valence-corrected chi connectivity index (χ3v) is 3.22. The van der Waals surface area contributed by atoms with Crippen LogP contribution in [0.15, 0.2) is 40.8 Å². The van der Waals surface area contributed by atoms with E-state index in [1.807, 2.05) is 31.2 Å². The second kappa shape index (κ2) is 7.29. The third-order valence-electron chi connectivity index (χ3n) is 3.22. The van der Waals surface area contributed by atoms with Gasteiger partial charge in [0, 0.05) is 11.9 Å². The molecule has 0 aliphatic carbocycles. The van der Waals surface area contributed by atoms with Crippen LogP contribution in [0.25, 0.3) is 11.0 Å². The van der Waals surface area contributed by atoms with E-state index in [0.717, 1.165) is 34.6 Å². The maximum atomic E-state index is 5.90. The van der Waals surface area contributed by atoms with Crippen LogP contribution in [0, 0.1) is 0 Å². The average Bonchev–Trinajstić information content (AvgIpc) is 2.90. The zero-order valence-corrected chi connectivity index (χ0v) is 12.9. The summed E-state index contributed by atoms with van der Waals surface area (Å²) in [6.45, 7) is 9.86. The van der Waals surface area contributed by atoms with Gasteiger partial charge in [0.25, 0.3) is 0 Å². The van der Waals surface area contributed by atoms with E-state index < -0.39 is 0 Å². The molecule has 2 rings (SSSR count). The first-order valence-electron chi connectivity index (χ1n) is 7.13. The fourth-order valence-electron chi connectivity index (χ4n) is 2.12. The van der Waals surface area contributed by atoms with Gasteiger partial charge in [-0.1, -0.05) is 24.3 Å². The molecular weight excluding hydrogens is 266 g/mol. The van der Waals surface area contributed by atoms with Crippen LogP contribution in [0.2, 0.25) is 0 Å². The molecule has 0 aliphatic rings. The monoisotopic (exact) mass is 289 g/mol. The first-order valence-corrected chi connectivity index (χ1v) is 7.13. The number of para-hydroxylation sites is 1. The molecule has 0 radical (unpaired) electrons. The molecule has 114 valence electrons. The fourth-order valence-corrected chi connectivity index (χ4v) is 2.12. The van der Waals surface area contributed by atoms with Crippen molar-refractivity contribution in [1.29, 1.82) is 0 Å². The SMILES string of the molecule is C=C(C)COCCNC(C)c1cc2cccc(OC)c2o1. The molecule has 1 N–H and O–H groups in total. The Morgan fingerprint density at radius 2 is 2.24 bits per heavy atom. The Morgan fingerprint density at radius 3 is 2.95 bits per heavy atom. The van der Waals surface area contributed by atoms with Crippen LogP contribution in [0.4, 0.5) is 0 Å². The van der Waals surface area contributed by atoms with Gasteiger partial charge in [0.05, 0.1) is 26.4 Å². The van der Waals surface area contributed by atoms with Gasteiger partial charge < -0.3 is 19.2 Å². The van der Waals surface area contributed by atoms with Crippen molar-refractivity contribution in [3.63, 3.8) is 0 Å².